The maximum absolute atomic E-state index is 9.50. The van der Waals surface area contributed by atoms with Crippen molar-refractivity contribution in [2.75, 3.05) is 26.4 Å². The monoisotopic (exact) mass is 203 g/mol. The molecule has 0 heterocycles. The van der Waals surface area contributed by atoms with E-state index in [1.165, 1.54) is 0 Å². The van der Waals surface area contributed by atoms with E-state index in [4.69, 9.17) is 9.84 Å². The van der Waals surface area contributed by atoms with E-state index in [1.54, 1.807) is 0 Å². The van der Waals surface area contributed by atoms with Crippen LogP contribution in [-0.2, 0) is 4.74 Å². The Kier molecular flexibility index (Phi) is 6.10. The van der Waals surface area contributed by atoms with E-state index < -0.39 is 0 Å². The van der Waals surface area contributed by atoms with Crippen LogP contribution in [0.2, 0.25) is 0 Å². The van der Waals surface area contributed by atoms with Crippen molar-refractivity contribution >= 4 is 0 Å². The molecule has 1 rings (SSSR count). The van der Waals surface area contributed by atoms with Gasteiger partial charge in [-0.05, 0) is 32.2 Å². The molecule has 1 saturated carbocycles. The number of ether oxygens (including phenoxy) is 1. The molecule has 1 fully saturated rings. The third kappa shape index (κ3) is 4.37. The van der Waals surface area contributed by atoms with Gasteiger partial charge in [0.15, 0.2) is 0 Å². The van der Waals surface area contributed by atoms with E-state index >= 15 is 0 Å². The van der Waals surface area contributed by atoms with Crippen LogP contribution >= 0.6 is 0 Å². The molecule has 1 aliphatic rings. The normalized spacial score (nSPS) is 27.0. The first-order valence-electron chi connectivity index (χ1n) is 5.44. The second kappa shape index (κ2) is 7.17. The Hall–Kier alpha value is -0.160. The lowest BCUT2D eigenvalue weighted by Gasteiger charge is -2.16. The number of hydrogen-bond acceptors (Lipinski definition) is 4. The summed E-state index contributed by atoms with van der Waals surface area (Å²) in [7, 11) is 0. The lowest BCUT2D eigenvalue weighted by Crippen LogP contribution is -2.36. The van der Waals surface area contributed by atoms with Gasteiger partial charge in [0, 0.05) is 12.6 Å². The lowest BCUT2D eigenvalue weighted by atomic mass is 10.2. The average Bonchev–Trinajstić information content (AvgIpc) is 2.58. The fourth-order valence-corrected chi connectivity index (χ4v) is 1.81. The molecule has 4 heteroatoms. The predicted octanol–water partition coefficient (Wildman–Crippen LogP) is -0.112. The molecule has 2 atom stereocenters. The molecule has 84 valence electrons. The standard InChI is InChI=1S/C10H21NO3/c12-6-8-14-7-2-5-11-9-3-1-4-10(9)13/h9-13H,1-8H2/t9-,10-/m0/s1. The maximum atomic E-state index is 9.50. The molecule has 0 saturated heterocycles. The van der Waals surface area contributed by atoms with Crippen molar-refractivity contribution in [1.29, 1.82) is 0 Å². The molecular formula is C10H21NO3. The summed E-state index contributed by atoms with van der Waals surface area (Å²) in [4.78, 5) is 0. The largest absolute Gasteiger partial charge is 0.394 e. The van der Waals surface area contributed by atoms with Crippen molar-refractivity contribution in [2.45, 2.75) is 37.8 Å². The van der Waals surface area contributed by atoms with E-state index in [1.807, 2.05) is 0 Å². The fourth-order valence-electron chi connectivity index (χ4n) is 1.81. The summed E-state index contributed by atoms with van der Waals surface area (Å²) in [5.74, 6) is 0. The van der Waals surface area contributed by atoms with Crippen LogP contribution < -0.4 is 5.32 Å². The van der Waals surface area contributed by atoms with E-state index in [-0.39, 0.29) is 18.8 Å². The van der Waals surface area contributed by atoms with Crippen molar-refractivity contribution in [2.24, 2.45) is 0 Å². The maximum Gasteiger partial charge on any atom is 0.0697 e. The van der Waals surface area contributed by atoms with Crippen molar-refractivity contribution < 1.29 is 14.9 Å². The Morgan fingerprint density at radius 1 is 1.29 bits per heavy atom. The SMILES string of the molecule is OCCOCCCN[C@H]1CCC[C@@H]1O. The molecular weight excluding hydrogens is 182 g/mol. The van der Waals surface area contributed by atoms with Crippen LogP contribution in [-0.4, -0.2) is 48.7 Å². The van der Waals surface area contributed by atoms with Crippen molar-refractivity contribution in [3.05, 3.63) is 0 Å². The first-order valence-corrected chi connectivity index (χ1v) is 5.44. The number of hydrogen-bond donors (Lipinski definition) is 3. The van der Waals surface area contributed by atoms with Gasteiger partial charge >= 0.3 is 0 Å². The Labute approximate surface area is 85.3 Å². The Balaban J connectivity index is 1.88. The van der Waals surface area contributed by atoms with Crippen LogP contribution in [0.3, 0.4) is 0 Å². The van der Waals surface area contributed by atoms with Crippen LogP contribution in [0.15, 0.2) is 0 Å². The second-order valence-corrected chi connectivity index (χ2v) is 3.75. The van der Waals surface area contributed by atoms with Gasteiger partial charge in [0.05, 0.1) is 19.3 Å². The molecule has 0 unspecified atom stereocenters. The summed E-state index contributed by atoms with van der Waals surface area (Å²) in [6.07, 6.45) is 3.91. The third-order valence-electron chi connectivity index (χ3n) is 2.59. The molecule has 3 N–H and O–H groups in total. The number of aliphatic hydroxyl groups is 2. The zero-order valence-electron chi connectivity index (χ0n) is 8.61. The molecule has 0 aliphatic heterocycles. The molecule has 0 aromatic rings. The van der Waals surface area contributed by atoms with E-state index in [0.29, 0.717) is 13.2 Å². The summed E-state index contributed by atoms with van der Waals surface area (Å²) in [6, 6.07) is 0.285. The summed E-state index contributed by atoms with van der Waals surface area (Å²) in [5, 5.41) is 21.3. The highest BCUT2D eigenvalue weighted by atomic mass is 16.5. The van der Waals surface area contributed by atoms with Crippen LogP contribution in [0.4, 0.5) is 0 Å². The summed E-state index contributed by atoms with van der Waals surface area (Å²) in [5.41, 5.74) is 0. The van der Waals surface area contributed by atoms with Gasteiger partial charge in [-0.1, -0.05) is 0 Å². The predicted molar refractivity (Wildman–Crippen MR) is 54.2 cm³/mol. The van der Waals surface area contributed by atoms with Crippen LogP contribution in [0.25, 0.3) is 0 Å². The van der Waals surface area contributed by atoms with Crippen LogP contribution in [0.5, 0.6) is 0 Å². The molecule has 0 bridgehead atoms. The first-order chi connectivity index (χ1) is 6.84. The minimum atomic E-state index is -0.159. The Morgan fingerprint density at radius 3 is 2.79 bits per heavy atom. The number of nitrogens with one attached hydrogen (secondary N) is 1. The summed E-state index contributed by atoms with van der Waals surface area (Å²) in [6.45, 7) is 2.07. The van der Waals surface area contributed by atoms with E-state index in [2.05, 4.69) is 5.32 Å². The van der Waals surface area contributed by atoms with Gasteiger partial charge < -0.3 is 20.3 Å². The molecule has 0 aromatic carbocycles. The van der Waals surface area contributed by atoms with Gasteiger partial charge in [0.25, 0.3) is 0 Å². The van der Waals surface area contributed by atoms with Crippen LogP contribution in [0, 0.1) is 0 Å². The summed E-state index contributed by atoms with van der Waals surface area (Å²) >= 11 is 0. The molecule has 0 radical (unpaired) electrons. The smallest absolute Gasteiger partial charge is 0.0697 e. The second-order valence-electron chi connectivity index (χ2n) is 3.75. The lowest BCUT2D eigenvalue weighted by molar-refractivity contribution is 0.0887. The molecule has 1 aliphatic carbocycles. The number of rotatable bonds is 7. The highest BCUT2D eigenvalue weighted by Crippen LogP contribution is 2.18. The molecule has 0 amide bonds. The van der Waals surface area contributed by atoms with Crippen molar-refractivity contribution in [1.82, 2.24) is 5.32 Å². The minimum Gasteiger partial charge on any atom is -0.394 e. The quantitative estimate of drug-likeness (QED) is 0.505. The van der Waals surface area contributed by atoms with E-state index in [0.717, 1.165) is 32.2 Å². The molecule has 14 heavy (non-hydrogen) atoms. The van der Waals surface area contributed by atoms with Gasteiger partial charge in [-0.25, -0.2) is 0 Å². The zero-order chi connectivity index (χ0) is 10.2. The fraction of sp³-hybridized carbons (Fsp3) is 1.00. The van der Waals surface area contributed by atoms with E-state index in [9.17, 15) is 5.11 Å². The topological polar surface area (TPSA) is 61.7 Å². The van der Waals surface area contributed by atoms with Gasteiger partial charge in [0.1, 0.15) is 0 Å². The van der Waals surface area contributed by atoms with Gasteiger partial charge in [-0.15, -0.1) is 0 Å². The first kappa shape index (κ1) is 11.9. The highest BCUT2D eigenvalue weighted by Gasteiger charge is 2.23. The highest BCUT2D eigenvalue weighted by molar-refractivity contribution is 4.82. The van der Waals surface area contributed by atoms with Gasteiger partial charge in [-0.2, -0.15) is 0 Å². The minimum absolute atomic E-state index is 0.0920. The van der Waals surface area contributed by atoms with Gasteiger partial charge in [-0.3, -0.25) is 0 Å². The third-order valence-corrected chi connectivity index (χ3v) is 2.59. The average molecular weight is 203 g/mol. The van der Waals surface area contributed by atoms with Gasteiger partial charge in [0.2, 0.25) is 0 Å². The number of aliphatic hydroxyl groups excluding tert-OH is 2. The summed E-state index contributed by atoms with van der Waals surface area (Å²) < 4.78 is 5.12. The van der Waals surface area contributed by atoms with Crippen LogP contribution in [0.1, 0.15) is 25.7 Å². The zero-order valence-corrected chi connectivity index (χ0v) is 8.61. The molecule has 0 spiro atoms. The Morgan fingerprint density at radius 2 is 2.14 bits per heavy atom. The van der Waals surface area contributed by atoms with Crippen molar-refractivity contribution in [3.63, 3.8) is 0 Å². The molecule has 0 aromatic heterocycles. The molecule has 4 nitrogen and oxygen atoms in total. The van der Waals surface area contributed by atoms with Crippen molar-refractivity contribution in [3.8, 4) is 0 Å². The Bertz CT molecular complexity index is 143.